The summed E-state index contributed by atoms with van der Waals surface area (Å²) >= 11 is 0. The van der Waals surface area contributed by atoms with E-state index in [4.69, 9.17) is 4.84 Å². The lowest BCUT2D eigenvalue weighted by molar-refractivity contribution is -0.198. The number of rotatable bonds is 0. The van der Waals surface area contributed by atoms with Crippen LogP contribution in [0.25, 0.3) is 0 Å². The number of carbonyl (C=O) groups excluding carboxylic acids is 1. The first-order valence-electron chi connectivity index (χ1n) is 4.25. The van der Waals surface area contributed by atoms with E-state index in [9.17, 15) is 4.79 Å². The van der Waals surface area contributed by atoms with Crippen LogP contribution >= 0.6 is 0 Å². The zero-order chi connectivity index (χ0) is 9.26. The van der Waals surface area contributed by atoms with Crippen LogP contribution in [-0.2, 0) is 22.8 Å². The number of carbonyl (C=O) groups is 1. The van der Waals surface area contributed by atoms with Crippen molar-refractivity contribution in [3.63, 3.8) is 0 Å². The fraction of sp³-hybridized carbons (Fsp3) is 0.300. The van der Waals surface area contributed by atoms with Crippen LogP contribution in [0.15, 0.2) is 24.3 Å². The van der Waals surface area contributed by atoms with Crippen molar-refractivity contribution in [1.82, 2.24) is 5.06 Å². The second kappa shape index (κ2) is 3.18. The van der Waals surface area contributed by atoms with E-state index in [0.717, 1.165) is 0 Å². The van der Waals surface area contributed by atoms with Crippen LogP contribution in [0, 0.1) is 0 Å². The smallest absolute Gasteiger partial charge is 0.243 e. The first-order chi connectivity index (χ1) is 6.27. The van der Waals surface area contributed by atoms with Crippen LogP contribution < -0.4 is 0 Å². The molecule has 0 N–H and O–H groups in total. The molecule has 0 saturated carbocycles. The van der Waals surface area contributed by atoms with Gasteiger partial charge in [-0.05, 0) is 11.1 Å². The van der Waals surface area contributed by atoms with Gasteiger partial charge < -0.3 is 0 Å². The highest BCUT2D eigenvalue weighted by Crippen LogP contribution is 2.18. The van der Waals surface area contributed by atoms with E-state index >= 15 is 0 Å². The third-order valence-electron chi connectivity index (χ3n) is 2.16. The largest absolute Gasteiger partial charge is 0.273 e. The van der Waals surface area contributed by atoms with E-state index < -0.39 is 0 Å². The first-order valence-corrected chi connectivity index (χ1v) is 4.25. The van der Waals surface area contributed by atoms with Gasteiger partial charge in [-0.15, -0.1) is 0 Å². The molecule has 68 valence electrons. The molecule has 0 aromatic heterocycles. The van der Waals surface area contributed by atoms with Gasteiger partial charge >= 0.3 is 0 Å². The number of fused-ring (bicyclic) bond motifs is 1. The van der Waals surface area contributed by atoms with Crippen molar-refractivity contribution in [2.75, 3.05) is 0 Å². The van der Waals surface area contributed by atoms with Crippen LogP contribution in [-0.4, -0.2) is 11.0 Å². The van der Waals surface area contributed by atoms with E-state index in [1.54, 1.807) is 0 Å². The minimum Gasteiger partial charge on any atom is -0.273 e. The summed E-state index contributed by atoms with van der Waals surface area (Å²) < 4.78 is 0. The van der Waals surface area contributed by atoms with Gasteiger partial charge in [0.15, 0.2) is 0 Å². The summed E-state index contributed by atoms with van der Waals surface area (Å²) in [6.07, 6.45) is 0. The Balaban J connectivity index is 2.24. The summed E-state index contributed by atoms with van der Waals surface area (Å²) in [5, 5.41) is 1.39. The molecule has 0 aliphatic carbocycles. The highest BCUT2D eigenvalue weighted by molar-refractivity contribution is 5.72. The predicted molar refractivity (Wildman–Crippen MR) is 47.5 cm³/mol. The molecule has 0 saturated heterocycles. The van der Waals surface area contributed by atoms with Crippen LogP contribution in [0.1, 0.15) is 18.1 Å². The molecule has 2 rings (SSSR count). The maximum Gasteiger partial charge on any atom is 0.243 e. The molecule has 13 heavy (non-hydrogen) atoms. The minimum absolute atomic E-state index is 0.0468. The Morgan fingerprint density at radius 3 is 2.77 bits per heavy atom. The first kappa shape index (κ1) is 8.26. The molecule has 3 nitrogen and oxygen atoms in total. The van der Waals surface area contributed by atoms with Crippen LogP contribution in [0.3, 0.4) is 0 Å². The lowest BCUT2D eigenvalue weighted by Gasteiger charge is -2.26. The number of amides is 1. The van der Waals surface area contributed by atoms with E-state index in [1.807, 2.05) is 24.3 Å². The van der Waals surface area contributed by atoms with E-state index in [2.05, 4.69) is 0 Å². The number of hydroxylamine groups is 2. The van der Waals surface area contributed by atoms with Crippen molar-refractivity contribution < 1.29 is 9.63 Å². The Kier molecular flexibility index (Phi) is 2.02. The van der Waals surface area contributed by atoms with Gasteiger partial charge in [0.05, 0.1) is 6.54 Å². The normalized spacial score (nSPS) is 15.3. The van der Waals surface area contributed by atoms with Gasteiger partial charge in [0.2, 0.25) is 5.91 Å². The molecule has 1 aromatic rings. The number of benzene rings is 1. The van der Waals surface area contributed by atoms with Crippen molar-refractivity contribution in [3.05, 3.63) is 35.4 Å². The molecular formula is C10H11NO2. The zero-order valence-electron chi connectivity index (χ0n) is 7.49. The number of hydrogen-bond donors (Lipinski definition) is 0. The summed E-state index contributed by atoms with van der Waals surface area (Å²) in [6, 6.07) is 7.99. The molecule has 1 amide bonds. The summed E-state index contributed by atoms with van der Waals surface area (Å²) in [6.45, 7) is 2.56. The standard InChI is InChI=1S/C10H11NO2/c1-8(12)11-6-9-4-2-3-5-10(9)7-13-11/h2-5H,6-7H2,1H3. The van der Waals surface area contributed by atoms with Gasteiger partial charge in [0, 0.05) is 6.92 Å². The molecule has 0 spiro atoms. The average Bonchev–Trinajstić information content (AvgIpc) is 2.17. The van der Waals surface area contributed by atoms with Gasteiger partial charge in [-0.1, -0.05) is 24.3 Å². The highest BCUT2D eigenvalue weighted by atomic mass is 16.7. The van der Waals surface area contributed by atoms with Gasteiger partial charge in [-0.3, -0.25) is 9.63 Å². The fourth-order valence-electron chi connectivity index (χ4n) is 1.40. The Morgan fingerprint density at radius 1 is 1.38 bits per heavy atom. The molecule has 0 fully saturated rings. The van der Waals surface area contributed by atoms with Gasteiger partial charge in [-0.25, -0.2) is 5.06 Å². The zero-order valence-corrected chi connectivity index (χ0v) is 7.49. The molecule has 1 heterocycles. The minimum atomic E-state index is -0.0468. The molecule has 1 aliphatic heterocycles. The van der Waals surface area contributed by atoms with E-state index in [1.165, 1.54) is 23.1 Å². The van der Waals surface area contributed by atoms with Crippen molar-refractivity contribution in [3.8, 4) is 0 Å². The van der Waals surface area contributed by atoms with E-state index in [-0.39, 0.29) is 5.91 Å². The van der Waals surface area contributed by atoms with Crippen molar-refractivity contribution in [2.24, 2.45) is 0 Å². The van der Waals surface area contributed by atoms with Crippen molar-refractivity contribution in [1.29, 1.82) is 0 Å². The predicted octanol–water partition coefficient (Wildman–Crippen LogP) is 1.48. The molecule has 0 atom stereocenters. The monoisotopic (exact) mass is 177 g/mol. The summed E-state index contributed by atoms with van der Waals surface area (Å²) in [7, 11) is 0. The summed E-state index contributed by atoms with van der Waals surface area (Å²) in [4.78, 5) is 16.3. The van der Waals surface area contributed by atoms with Gasteiger partial charge in [0.1, 0.15) is 6.61 Å². The van der Waals surface area contributed by atoms with Gasteiger partial charge in [0.25, 0.3) is 0 Å². The lowest BCUT2D eigenvalue weighted by Crippen LogP contribution is -2.32. The highest BCUT2D eigenvalue weighted by Gasteiger charge is 2.17. The molecule has 0 bridgehead atoms. The summed E-state index contributed by atoms with van der Waals surface area (Å²) in [5.74, 6) is -0.0468. The fourth-order valence-corrected chi connectivity index (χ4v) is 1.40. The maximum atomic E-state index is 11.0. The average molecular weight is 177 g/mol. The molecule has 1 aromatic carbocycles. The lowest BCUT2D eigenvalue weighted by atomic mass is 10.1. The summed E-state index contributed by atoms with van der Waals surface area (Å²) in [5.41, 5.74) is 2.34. The van der Waals surface area contributed by atoms with E-state index in [0.29, 0.717) is 13.2 Å². The van der Waals surface area contributed by atoms with Crippen molar-refractivity contribution in [2.45, 2.75) is 20.1 Å². The Bertz CT molecular complexity index is 335. The molecule has 1 aliphatic rings. The van der Waals surface area contributed by atoms with Crippen LogP contribution in [0.4, 0.5) is 0 Å². The number of hydrogen-bond acceptors (Lipinski definition) is 2. The molecular weight excluding hydrogens is 166 g/mol. The van der Waals surface area contributed by atoms with Crippen LogP contribution in [0.2, 0.25) is 0 Å². The quantitative estimate of drug-likeness (QED) is 0.600. The molecule has 0 unspecified atom stereocenters. The SMILES string of the molecule is CC(=O)N1Cc2ccccc2CO1. The Hall–Kier alpha value is -1.35. The van der Waals surface area contributed by atoms with Gasteiger partial charge in [-0.2, -0.15) is 0 Å². The Labute approximate surface area is 76.9 Å². The number of nitrogens with zero attached hydrogens (tertiary/aromatic N) is 1. The third kappa shape index (κ3) is 1.55. The second-order valence-corrected chi connectivity index (χ2v) is 3.10. The topological polar surface area (TPSA) is 29.5 Å². The Morgan fingerprint density at radius 2 is 2.08 bits per heavy atom. The van der Waals surface area contributed by atoms with Crippen molar-refractivity contribution >= 4 is 5.91 Å². The third-order valence-corrected chi connectivity index (χ3v) is 2.16. The van der Waals surface area contributed by atoms with Crippen LogP contribution in [0.5, 0.6) is 0 Å². The molecule has 3 heteroatoms. The second-order valence-electron chi connectivity index (χ2n) is 3.10. The molecule has 0 radical (unpaired) electrons. The maximum absolute atomic E-state index is 11.0.